The second kappa shape index (κ2) is 23.0. The van der Waals surface area contributed by atoms with Gasteiger partial charge in [0.05, 0.1) is 38.9 Å². The third kappa shape index (κ3) is 12.7. The molecule has 7 atom stereocenters. The van der Waals surface area contributed by atoms with E-state index in [1.807, 2.05) is 11.8 Å². The monoisotopic (exact) mass is 1030 g/mol. The lowest BCUT2D eigenvalue weighted by Gasteiger charge is -2.46. The van der Waals surface area contributed by atoms with Crippen LogP contribution in [0.15, 0.2) is 88.4 Å². The quantitative estimate of drug-likeness (QED) is 0.0287. The van der Waals surface area contributed by atoms with Crippen LogP contribution in [-0.4, -0.2) is 139 Å². The minimum absolute atomic E-state index is 0.0733. The Bertz CT molecular complexity index is 2640. The van der Waals surface area contributed by atoms with Crippen LogP contribution in [0.2, 0.25) is 0 Å². The highest BCUT2D eigenvalue weighted by Crippen LogP contribution is 2.52. The Labute approximate surface area is 419 Å². The van der Waals surface area contributed by atoms with Gasteiger partial charge in [-0.25, -0.2) is 19.4 Å². The minimum atomic E-state index is -1.12. The van der Waals surface area contributed by atoms with Gasteiger partial charge >= 0.3 is 18.2 Å². The third-order valence-corrected chi connectivity index (χ3v) is 14.1. The topological polar surface area (TPSA) is 338 Å². The molecule has 0 radical (unpaired) electrons. The molecule has 3 aromatic carbocycles. The number of amides is 5. The van der Waals surface area contributed by atoms with Crippen LogP contribution in [-0.2, 0) is 53.2 Å². The molecule has 0 aliphatic carbocycles. The van der Waals surface area contributed by atoms with Crippen molar-refractivity contribution < 1.29 is 62.9 Å². The van der Waals surface area contributed by atoms with E-state index in [9.17, 15) is 64.2 Å². The fourth-order valence-electron chi connectivity index (χ4n) is 8.92. The highest BCUT2D eigenvalue weighted by atomic mass is 32.2. The number of hydrogen-bond donors (Lipinski definition) is 4. The summed E-state index contributed by atoms with van der Waals surface area (Å²) in [7, 11) is 1.80. The zero-order valence-electron chi connectivity index (χ0n) is 39.4. The van der Waals surface area contributed by atoms with Gasteiger partial charge in [0.1, 0.15) is 32.1 Å². The number of benzene rings is 3. The molecule has 386 valence electrons. The summed E-state index contributed by atoms with van der Waals surface area (Å²) in [4.78, 5) is 121. The molecule has 4 N–H and O–H groups in total. The summed E-state index contributed by atoms with van der Waals surface area (Å²) in [5.74, 6) is -3.58. The number of aliphatic imine (C=N–C) groups is 1. The predicted octanol–water partition coefficient (Wildman–Crippen LogP) is 3.26. The van der Waals surface area contributed by atoms with E-state index >= 15 is 0 Å². The van der Waals surface area contributed by atoms with Crippen molar-refractivity contribution in [3.8, 4) is 0 Å². The maximum atomic E-state index is 14.0. The number of likely N-dealkylation sites (tertiary alicyclic amines) is 2. The van der Waals surface area contributed by atoms with Crippen molar-refractivity contribution in [3.05, 3.63) is 130 Å². The average Bonchev–Trinajstić information content (AvgIpc) is 4.05. The van der Waals surface area contributed by atoms with E-state index in [2.05, 4.69) is 20.9 Å². The van der Waals surface area contributed by atoms with E-state index in [-0.39, 0.29) is 66.2 Å². The van der Waals surface area contributed by atoms with Gasteiger partial charge in [-0.3, -0.25) is 60.3 Å². The Balaban J connectivity index is 0.942. The Morgan fingerprint density at radius 1 is 0.795 bits per heavy atom. The molecule has 3 fully saturated rings. The highest BCUT2D eigenvalue weighted by molar-refractivity contribution is 8.03. The second-order valence-corrected chi connectivity index (χ2v) is 19.0. The number of aliphatic hydroxyl groups excluding tert-OH is 1. The van der Waals surface area contributed by atoms with Crippen LogP contribution < -0.4 is 16.0 Å². The summed E-state index contributed by atoms with van der Waals surface area (Å²) < 4.78 is 16.0. The number of nitrogens with zero attached hydrogens (tertiary/aromatic N) is 7. The van der Waals surface area contributed by atoms with Gasteiger partial charge in [-0.15, -0.1) is 11.8 Å². The van der Waals surface area contributed by atoms with Crippen LogP contribution in [0, 0.1) is 42.2 Å². The molecule has 3 saturated heterocycles. The lowest BCUT2D eigenvalue weighted by Crippen LogP contribution is -2.63. The first kappa shape index (κ1) is 52.8. The second-order valence-electron chi connectivity index (χ2n) is 17.6. The van der Waals surface area contributed by atoms with Crippen LogP contribution >= 0.6 is 11.8 Å². The molecule has 4 aliphatic heterocycles. The van der Waals surface area contributed by atoms with Crippen molar-refractivity contribution in [1.82, 2.24) is 30.7 Å². The molecule has 4 heterocycles. The molecule has 3 aromatic rings. The van der Waals surface area contributed by atoms with Crippen molar-refractivity contribution >= 4 is 70.7 Å². The molecule has 0 bridgehead atoms. The Morgan fingerprint density at radius 3 is 1.77 bits per heavy atom. The van der Waals surface area contributed by atoms with E-state index in [1.54, 1.807) is 11.9 Å². The number of ether oxygens (including phenoxy) is 3. The number of nitro groups is 3. The van der Waals surface area contributed by atoms with Gasteiger partial charge in [-0.1, -0.05) is 6.92 Å². The fraction of sp³-hybridized carbons (Fsp3) is 0.413. The molecule has 5 amide bonds. The van der Waals surface area contributed by atoms with E-state index in [0.29, 0.717) is 47.5 Å². The molecule has 26 nitrogen and oxygen atoms in total. The minimum Gasteiger partial charge on any atom is -0.456 e. The third-order valence-electron chi connectivity index (χ3n) is 12.6. The van der Waals surface area contributed by atoms with Gasteiger partial charge in [0.15, 0.2) is 0 Å². The number of nitro benzene ring substituents is 3. The van der Waals surface area contributed by atoms with Gasteiger partial charge in [-0.05, 0) is 79.9 Å². The van der Waals surface area contributed by atoms with E-state index < -0.39 is 87.4 Å². The number of esters is 1. The van der Waals surface area contributed by atoms with Gasteiger partial charge in [0, 0.05) is 78.1 Å². The lowest BCUT2D eigenvalue weighted by atomic mass is 9.79. The number of aliphatic hydroxyl groups is 1. The summed E-state index contributed by atoms with van der Waals surface area (Å²) in [6.07, 6.45) is -2.41. The van der Waals surface area contributed by atoms with Crippen molar-refractivity contribution in [1.29, 1.82) is 0 Å². The van der Waals surface area contributed by atoms with E-state index in [4.69, 9.17) is 14.2 Å². The van der Waals surface area contributed by atoms with Gasteiger partial charge < -0.3 is 34.4 Å². The number of non-ortho nitro benzene ring substituents is 3. The maximum absolute atomic E-state index is 14.0. The molecule has 73 heavy (non-hydrogen) atoms. The molecular weight excluding hydrogens is 981 g/mol. The van der Waals surface area contributed by atoms with Crippen LogP contribution in [0.5, 0.6) is 0 Å². The van der Waals surface area contributed by atoms with Gasteiger partial charge in [0.2, 0.25) is 23.7 Å². The number of carbonyl (C=O) groups excluding carboxylic acids is 6. The lowest BCUT2D eigenvalue weighted by molar-refractivity contribution is -0.385. The molecule has 0 saturated carbocycles. The number of β-lactam (4-membered cyclic amide) rings is 1. The summed E-state index contributed by atoms with van der Waals surface area (Å²) >= 11 is 1.38. The number of nitrogens with one attached hydrogen (secondary N) is 3. The molecular formula is C46H50N10O16S. The normalized spacial score (nSPS) is 21.6. The van der Waals surface area contributed by atoms with Gasteiger partial charge in [-0.2, -0.15) is 0 Å². The summed E-state index contributed by atoms with van der Waals surface area (Å²) in [6, 6.07) is 14.4. The number of alkyl carbamates (subject to hydrolysis) is 2. The van der Waals surface area contributed by atoms with Crippen molar-refractivity contribution in [2.75, 3.05) is 33.2 Å². The van der Waals surface area contributed by atoms with Crippen molar-refractivity contribution in [2.24, 2.45) is 16.8 Å². The first-order valence-corrected chi connectivity index (χ1v) is 23.6. The molecule has 4 aliphatic rings. The molecule has 0 aromatic heterocycles. The smallest absolute Gasteiger partial charge is 0.414 e. The fourth-order valence-corrected chi connectivity index (χ4v) is 10.5. The van der Waals surface area contributed by atoms with Crippen LogP contribution in [0.1, 0.15) is 43.4 Å². The summed E-state index contributed by atoms with van der Waals surface area (Å²) in [5, 5.41) is 50.6. The highest BCUT2D eigenvalue weighted by Gasteiger charge is 2.60. The number of guanidine groups is 1. The number of carbonyl (C=O) groups is 6. The van der Waals surface area contributed by atoms with E-state index in [0.717, 1.165) is 0 Å². The number of rotatable bonds is 17. The van der Waals surface area contributed by atoms with Crippen molar-refractivity contribution in [3.63, 3.8) is 0 Å². The Morgan fingerprint density at radius 2 is 1.29 bits per heavy atom. The number of hydrogen-bond acceptors (Lipinski definition) is 19. The van der Waals surface area contributed by atoms with Crippen LogP contribution in [0.3, 0.4) is 0 Å². The molecule has 0 unspecified atom stereocenters. The number of thioether (sulfide) groups is 1. The summed E-state index contributed by atoms with van der Waals surface area (Å²) in [6.45, 7) is 2.85. The number of fused-ring (bicyclic) bond motifs is 1. The predicted molar refractivity (Wildman–Crippen MR) is 256 cm³/mol. The molecule has 7 rings (SSSR count). The standard InChI is InChI=1S/C46H50N10O16S/c1-25-38-37(26(2)57)42(60)53(38)39(43(61)70-22-27-4-10-31(11-5-27)54(64)65)40(25)73-34-18-35(51(3)21-34)41(59)52-17-16-30(20-52)48-36(58)19-47-44(49-45(62)71-23-28-6-12-32(13-7-28)55(66)67)50-46(63)72-24-29-8-14-33(15-9-29)56(68)69/h4-15,25-26,30,34-35,37-38,57H,16-24H2,1-3H3,(H,48,58)(H2,47,49,50,62,63)/t25-,26-,30+,34+,35+,37-,38-/m1/s1. The zero-order valence-corrected chi connectivity index (χ0v) is 40.3. The van der Waals surface area contributed by atoms with Crippen molar-refractivity contribution in [2.45, 2.75) is 76.0 Å². The first-order chi connectivity index (χ1) is 34.8. The molecule has 27 heteroatoms. The van der Waals surface area contributed by atoms with E-state index in [1.165, 1.54) is 96.4 Å². The summed E-state index contributed by atoms with van der Waals surface area (Å²) in [5.41, 5.74) is 0.897. The average molecular weight is 1030 g/mol. The Hall–Kier alpha value is -8.04. The number of likely N-dealkylation sites (N-methyl/N-ethyl adjacent to an activating group) is 1. The largest absolute Gasteiger partial charge is 0.456 e. The van der Waals surface area contributed by atoms with Crippen LogP contribution in [0.4, 0.5) is 26.7 Å². The van der Waals surface area contributed by atoms with Gasteiger partial charge in [0.25, 0.3) is 17.1 Å². The first-order valence-electron chi connectivity index (χ1n) is 22.8. The zero-order chi connectivity index (χ0) is 52.7. The Kier molecular flexibility index (Phi) is 16.6. The SMILES string of the molecule is C[C@@H](O)[C@H]1C(=O)N2C(C(=O)OCc3ccc([N+](=O)[O-])cc3)=C(S[C@H]3C[C@@H](C(=O)N4CC[C@H](NC(=O)CN=C(NC(=O)OCc5ccc([N+](=O)[O-])cc5)NC(=O)OCc5ccc([N+](=O)[O-])cc5)C4)N(C)C3)[C@H](C)[C@H]12. The molecule has 0 spiro atoms. The van der Waals surface area contributed by atoms with Crippen LogP contribution in [0.25, 0.3) is 0 Å². The maximum Gasteiger partial charge on any atom is 0.414 e.